The minimum absolute atomic E-state index is 0.0992. The van der Waals surface area contributed by atoms with Crippen LogP contribution in [0, 0.1) is 6.92 Å². The number of halogens is 1. The Bertz CT molecular complexity index is 1180. The third kappa shape index (κ3) is 7.13. The SMILES string of the molecule is COc1ccc(CN(C(=O)CN(c2ccc(Cl)cc2C)S(C)(=O)=O)[C@@H](C)C(=O)NC2CCCC2)cc1. The first-order valence-corrected chi connectivity index (χ1v) is 14.2. The highest BCUT2D eigenvalue weighted by Crippen LogP contribution is 2.26. The number of anilines is 1. The summed E-state index contributed by atoms with van der Waals surface area (Å²) in [5.41, 5.74) is 1.77. The number of carbonyl (C=O) groups excluding carboxylic acids is 2. The van der Waals surface area contributed by atoms with E-state index < -0.39 is 28.5 Å². The molecule has 1 aliphatic carbocycles. The molecule has 0 unspecified atom stereocenters. The van der Waals surface area contributed by atoms with E-state index in [1.165, 1.54) is 4.90 Å². The largest absolute Gasteiger partial charge is 0.497 e. The summed E-state index contributed by atoms with van der Waals surface area (Å²) in [6.07, 6.45) is 5.03. The molecule has 1 saturated carbocycles. The fraction of sp³-hybridized carbons (Fsp3) is 0.462. The van der Waals surface area contributed by atoms with Gasteiger partial charge in [0.1, 0.15) is 18.3 Å². The van der Waals surface area contributed by atoms with Gasteiger partial charge >= 0.3 is 0 Å². The molecule has 0 saturated heterocycles. The lowest BCUT2D eigenvalue weighted by Gasteiger charge is -2.32. The summed E-state index contributed by atoms with van der Waals surface area (Å²) in [5.74, 6) is -0.0675. The quantitative estimate of drug-likeness (QED) is 0.498. The molecule has 36 heavy (non-hydrogen) atoms. The van der Waals surface area contributed by atoms with E-state index in [1.54, 1.807) is 51.3 Å². The molecule has 3 rings (SSSR count). The topological polar surface area (TPSA) is 96.0 Å². The van der Waals surface area contributed by atoms with Crippen molar-refractivity contribution in [2.45, 2.75) is 58.2 Å². The minimum atomic E-state index is -3.80. The molecule has 2 aromatic rings. The van der Waals surface area contributed by atoms with Crippen LogP contribution in [0.15, 0.2) is 42.5 Å². The molecule has 0 bridgehead atoms. The van der Waals surface area contributed by atoms with Gasteiger partial charge in [0.15, 0.2) is 0 Å². The van der Waals surface area contributed by atoms with Crippen molar-refractivity contribution in [2.24, 2.45) is 0 Å². The number of carbonyl (C=O) groups is 2. The molecule has 0 heterocycles. The van der Waals surface area contributed by atoms with Crippen molar-refractivity contribution in [3.05, 3.63) is 58.6 Å². The number of amides is 2. The molecule has 1 aliphatic rings. The van der Waals surface area contributed by atoms with E-state index in [0.29, 0.717) is 22.0 Å². The highest BCUT2D eigenvalue weighted by Gasteiger charge is 2.31. The minimum Gasteiger partial charge on any atom is -0.497 e. The van der Waals surface area contributed by atoms with Crippen LogP contribution in [0.1, 0.15) is 43.7 Å². The van der Waals surface area contributed by atoms with Gasteiger partial charge in [-0.1, -0.05) is 36.6 Å². The first-order chi connectivity index (χ1) is 17.0. The summed E-state index contributed by atoms with van der Waals surface area (Å²) in [7, 11) is -2.23. The smallest absolute Gasteiger partial charge is 0.244 e. The van der Waals surface area contributed by atoms with Gasteiger partial charge in [-0.2, -0.15) is 0 Å². The maximum atomic E-state index is 13.7. The summed E-state index contributed by atoms with van der Waals surface area (Å²) in [6, 6.07) is 11.3. The van der Waals surface area contributed by atoms with E-state index in [-0.39, 0.29) is 18.5 Å². The van der Waals surface area contributed by atoms with Gasteiger partial charge < -0.3 is 15.0 Å². The molecule has 0 aliphatic heterocycles. The van der Waals surface area contributed by atoms with E-state index in [9.17, 15) is 18.0 Å². The van der Waals surface area contributed by atoms with E-state index in [0.717, 1.165) is 41.8 Å². The van der Waals surface area contributed by atoms with Gasteiger partial charge in [0.25, 0.3) is 0 Å². The summed E-state index contributed by atoms with van der Waals surface area (Å²) in [5, 5.41) is 3.52. The number of hydrogen-bond acceptors (Lipinski definition) is 5. The number of rotatable bonds is 10. The summed E-state index contributed by atoms with van der Waals surface area (Å²) < 4.78 is 31.7. The number of methoxy groups -OCH3 is 1. The maximum absolute atomic E-state index is 13.7. The summed E-state index contributed by atoms with van der Waals surface area (Å²) >= 11 is 6.05. The number of hydrogen-bond donors (Lipinski definition) is 1. The standard InChI is InChI=1S/C26H34ClN3O5S/c1-18-15-21(27)11-14-24(18)30(36(4,33)34)17-25(31)29(16-20-9-12-23(35-3)13-10-20)19(2)26(32)28-22-7-5-6-8-22/h9-15,19,22H,5-8,16-17H2,1-4H3,(H,28,32)/t19-/m0/s1. The molecule has 2 aromatic carbocycles. The zero-order valence-electron chi connectivity index (χ0n) is 21.2. The van der Waals surface area contributed by atoms with Crippen molar-refractivity contribution in [3.8, 4) is 5.75 Å². The van der Waals surface area contributed by atoms with Crippen molar-refractivity contribution in [1.29, 1.82) is 0 Å². The van der Waals surface area contributed by atoms with Crippen molar-refractivity contribution < 1.29 is 22.7 Å². The zero-order valence-corrected chi connectivity index (χ0v) is 22.7. The van der Waals surface area contributed by atoms with E-state index in [2.05, 4.69) is 5.32 Å². The molecule has 10 heteroatoms. The third-order valence-electron chi connectivity index (χ3n) is 6.49. The van der Waals surface area contributed by atoms with Crippen LogP contribution in [0.4, 0.5) is 5.69 Å². The summed E-state index contributed by atoms with van der Waals surface area (Å²) in [6.45, 7) is 3.10. The Balaban J connectivity index is 1.89. The van der Waals surface area contributed by atoms with Gasteiger partial charge in [-0.15, -0.1) is 0 Å². The second kappa shape index (κ2) is 12.0. The first kappa shape index (κ1) is 27.8. The Morgan fingerprint density at radius 2 is 1.78 bits per heavy atom. The monoisotopic (exact) mass is 535 g/mol. The molecular formula is C26H34ClN3O5S. The molecule has 0 aromatic heterocycles. The highest BCUT2D eigenvalue weighted by atomic mass is 35.5. The number of sulfonamides is 1. The number of benzene rings is 2. The normalized spacial score (nSPS) is 14.8. The lowest BCUT2D eigenvalue weighted by molar-refractivity contribution is -0.139. The average Bonchev–Trinajstić information content (AvgIpc) is 3.33. The van der Waals surface area contributed by atoms with Crippen molar-refractivity contribution >= 4 is 39.1 Å². The molecule has 1 atom stereocenters. The number of nitrogens with zero attached hydrogens (tertiary/aromatic N) is 2. The van der Waals surface area contributed by atoms with Crippen LogP contribution in [-0.2, 0) is 26.2 Å². The van der Waals surface area contributed by atoms with Crippen LogP contribution in [0.2, 0.25) is 5.02 Å². The van der Waals surface area contributed by atoms with Crippen LogP contribution < -0.4 is 14.4 Å². The highest BCUT2D eigenvalue weighted by molar-refractivity contribution is 7.92. The number of nitrogens with one attached hydrogen (secondary N) is 1. The van der Waals surface area contributed by atoms with Gasteiger partial charge in [0.05, 0.1) is 19.1 Å². The molecule has 1 fully saturated rings. The van der Waals surface area contributed by atoms with Crippen molar-refractivity contribution in [1.82, 2.24) is 10.2 Å². The molecule has 2 amide bonds. The Labute approximate surface area is 218 Å². The van der Waals surface area contributed by atoms with Crippen molar-refractivity contribution in [3.63, 3.8) is 0 Å². The Morgan fingerprint density at radius 3 is 2.33 bits per heavy atom. The fourth-order valence-electron chi connectivity index (χ4n) is 4.40. The molecular weight excluding hydrogens is 502 g/mol. The molecule has 0 spiro atoms. The second-order valence-corrected chi connectivity index (χ2v) is 11.6. The molecule has 8 nitrogen and oxygen atoms in total. The fourth-order valence-corrected chi connectivity index (χ4v) is 5.53. The second-order valence-electron chi connectivity index (χ2n) is 9.24. The maximum Gasteiger partial charge on any atom is 0.244 e. The van der Waals surface area contributed by atoms with Gasteiger partial charge in [-0.3, -0.25) is 13.9 Å². The van der Waals surface area contributed by atoms with E-state index in [4.69, 9.17) is 16.3 Å². The Kier molecular flexibility index (Phi) is 9.24. The lowest BCUT2D eigenvalue weighted by atomic mass is 10.1. The molecule has 0 radical (unpaired) electrons. The first-order valence-electron chi connectivity index (χ1n) is 12.0. The molecule has 1 N–H and O–H groups in total. The zero-order chi connectivity index (χ0) is 26.5. The van der Waals surface area contributed by atoms with Gasteiger partial charge in [-0.25, -0.2) is 8.42 Å². The summed E-state index contributed by atoms with van der Waals surface area (Å²) in [4.78, 5) is 28.2. The molecule has 196 valence electrons. The average molecular weight is 536 g/mol. The number of aryl methyl sites for hydroxylation is 1. The van der Waals surface area contributed by atoms with E-state index in [1.807, 2.05) is 12.1 Å². The van der Waals surface area contributed by atoms with Gasteiger partial charge in [-0.05, 0) is 68.1 Å². The van der Waals surface area contributed by atoms with Crippen LogP contribution in [-0.4, -0.2) is 57.1 Å². The van der Waals surface area contributed by atoms with Crippen LogP contribution in [0.3, 0.4) is 0 Å². The van der Waals surface area contributed by atoms with Gasteiger partial charge in [0.2, 0.25) is 21.8 Å². The predicted octanol–water partition coefficient (Wildman–Crippen LogP) is 3.90. The third-order valence-corrected chi connectivity index (χ3v) is 7.85. The number of ether oxygens (including phenoxy) is 1. The van der Waals surface area contributed by atoms with Crippen LogP contribution in [0.5, 0.6) is 5.75 Å². The van der Waals surface area contributed by atoms with E-state index >= 15 is 0 Å². The van der Waals surface area contributed by atoms with Crippen LogP contribution in [0.25, 0.3) is 0 Å². The van der Waals surface area contributed by atoms with Gasteiger partial charge in [0, 0.05) is 17.6 Å². The lowest BCUT2D eigenvalue weighted by Crippen LogP contribution is -2.52. The Morgan fingerprint density at radius 1 is 1.14 bits per heavy atom. The van der Waals surface area contributed by atoms with Crippen molar-refractivity contribution in [2.75, 3.05) is 24.2 Å². The predicted molar refractivity (Wildman–Crippen MR) is 142 cm³/mol. The van der Waals surface area contributed by atoms with Crippen LogP contribution >= 0.6 is 11.6 Å². The Hall–Kier alpha value is -2.78.